The summed E-state index contributed by atoms with van der Waals surface area (Å²) in [6.45, 7) is 3.45. The molecule has 0 radical (unpaired) electrons. The second-order valence-corrected chi connectivity index (χ2v) is 6.09. The molecule has 3 heteroatoms. The second-order valence-electron chi connectivity index (χ2n) is 6.09. The van der Waals surface area contributed by atoms with Crippen molar-refractivity contribution in [2.75, 3.05) is 26.7 Å². The molecule has 0 spiro atoms. The smallest absolute Gasteiger partial charge is 0.123 e. The van der Waals surface area contributed by atoms with Crippen LogP contribution < -0.4 is 10.1 Å². The second kappa shape index (κ2) is 6.59. The Bertz CT molecular complexity index is 410. The monoisotopic (exact) mass is 274 g/mol. The Morgan fingerprint density at radius 1 is 1.30 bits per heavy atom. The summed E-state index contributed by atoms with van der Waals surface area (Å²) in [5.41, 5.74) is 1.38. The van der Waals surface area contributed by atoms with Crippen molar-refractivity contribution < 1.29 is 4.74 Å². The summed E-state index contributed by atoms with van der Waals surface area (Å²) >= 11 is 0. The number of piperidine rings is 1. The molecular weight excluding hydrogens is 248 g/mol. The molecule has 2 unspecified atom stereocenters. The third kappa shape index (κ3) is 3.15. The van der Waals surface area contributed by atoms with E-state index < -0.39 is 0 Å². The quantitative estimate of drug-likeness (QED) is 0.892. The zero-order chi connectivity index (χ0) is 13.8. The first kappa shape index (κ1) is 13.9. The number of hydrogen-bond donors (Lipinski definition) is 1. The Morgan fingerprint density at radius 3 is 3.05 bits per heavy atom. The number of likely N-dealkylation sites (tertiary alicyclic amines) is 1. The Morgan fingerprint density at radius 2 is 2.20 bits per heavy atom. The fraction of sp³-hybridized carbons (Fsp3) is 0.647. The van der Waals surface area contributed by atoms with Gasteiger partial charge in [-0.1, -0.05) is 24.6 Å². The van der Waals surface area contributed by atoms with Gasteiger partial charge in [-0.15, -0.1) is 0 Å². The molecule has 20 heavy (non-hydrogen) atoms. The predicted molar refractivity (Wildman–Crippen MR) is 82.3 cm³/mol. The summed E-state index contributed by atoms with van der Waals surface area (Å²) in [6.07, 6.45) is 6.76. The summed E-state index contributed by atoms with van der Waals surface area (Å²) in [5.74, 6) is 1.10. The Labute approximate surface area is 122 Å². The molecule has 0 aliphatic carbocycles. The number of hydrogen-bond acceptors (Lipinski definition) is 3. The third-order valence-corrected chi connectivity index (χ3v) is 4.63. The van der Waals surface area contributed by atoms with Crippen LogP contribution in [0.15, 0.2) is 24.3 Å². The number of nitrogens with one attached hydrogen (secondary N) is 1. The normalized spacial score (nSPS) is 26.2. The van der Waals surface area contributed by atoms with Crippen LogP contribution in [-0.2, 0) is 6.42 Å². The molecule has 3 nitrogen and oxygen atoms in total. The lowest BCUT2D eigenvalue weighted by Crippen LogP contribution is -2.45. The van der Waals surface area contributed by atoms with Crippen molar-refractivity contribution in [2.24, 2.45) is 0 Å². The topological polar surface area (TPSA) is 24.5 Å². The van der Waals surface area contributed by atoms with Gasteiger partial charge in [0.05, 0.1) is 0 Å². The first-order valence-electron chi connectivity index (χ1n) is 8.00. The molecule has 1 N–H and O–H groups in total. The van der Waals surface area contributed by atoms with Crippen molar-refractivity contribution in [1.82, 2.24) is 10.2 Å². The molecule has 1 aromatic rings. The summed E-state index contributed by atoms with van der Waals surface area (Å²) < 4.78 is 6.11. The van der Waals surface area contributed by atoms with Crippen molar-refractivity contribution in [2.45, 2.75) is 44.2 Å². The van der Waals surface area contributed by atoms with Crippen LogP contribution in [0.2, 0.25) is 0 Å². The minimum absolute atomic E-state index is 0.350. The van der Waals surface area contributed by atoms with E-state index in [2.05, 4.69) is 34.5 Å². The van der Waals surface area contributed by atoms with Crippen molar-refractivity contribution in [3.05, 3.63) is 29.8 Å². The van der Waals surface area contributed by atoms with E-state index in [-0.39, 0.29) is 0 Å². The first-order chi connectivity index (χ1) is 9.86. The van der Waals surface area contributed by atoms with Crippen LogP contribution in [0.4, 0.5) is 0 Å². The van der Waals surface area contributed by atoms with E-state index in [0.717, 1.165) is 31.3 Å². The Kier molecular flexibility index (Phi) is 4.58. The third-order valence-electron chi connectivity index (χ3n) is 4.63. The van der Waals surface area contributed by atoms with Crippen molar-refractivity contribution >= 4 is 0 Å². The lowest BCUT2D eigenvalue weighted by Gasteiger charge is -2.37. The SMILES string of the molecule is CNCCC1CCCCN1CC1Cc2ccccc2O1. The minimum atomic E-state index is 0.350. The highest BCUT2D eigenvalue weighted by Crippen LogP contribution is 2.29. The first-order valence-corrected chi connectivity index (χ1v) is 8.00. The number of para-hydroxylation sites is 1. The molecule has 2 aliphatic heterocycles. The van der Waals surface area contributed by atoms with Gasteiger partial charge >= 0.3 is 0 Å². The van der Waals surface area contributed by atoms with Gasteiger partial charge in [-0.3, -0.25) is 4.90 Å². The average molecular weight is 274 g/mol. The van der Waals surface area contributed by atoms with Gasteiger partial charge in [0.15, 0.2) is 0 Å². The van der Waals surface area contributed by atoms with Crippen LogP contribution >= 0.6 is 0 Å². The van der Waals surface area contributed by atoms with Crippen molar-refractivity contribution in [3.63, 3.8) is 0 Å². The Hall–Kier alpha value is -1.06. The molecule has 0 saturated carbocycles. The van der Waals surface area contributed by atoms with Crippen LogP contribution in [0, 0.1) is 0 Å². The number of ether oxygens (including phenoxy) is 1. The Balaban J connectivity index is 1.57. The molecule has 110 valence electrons. The van der Waals surface area contributed by atoms with E-state index in [9.17, 15) is 0 Å². The molecule has 1 fully saturated rings. The highest BCUT2D eigenvalue weighted by molar-refractivity contribution is 5.37. The number of fused-ring (bicyclic) bond motifs is 1. The number of nitrogens with zero attached hydrogens (tertiary/aromatic N) is 1. The molecular formula is C17H26N2O. The molecule has 1 saturated heterocycles. The van der Waals surface area contributed by atoms with E-state index in [1.165, 1.54) is 37.8 Å². The predicted octanol–water partition coefficient (Wildman–Crippen LogP) is 2.45. The van der Waals surface area contributed by atoms with Gasteiger partial charge in [-0.25, -0.2) is 0 Å². The van der Waals surface area contributed by atoms with E-state index in [1.807, 2.05) is 7.05 Å². The van der Waals surface area contributed by atoms with Gasteiger partial charge < -0.3 is 10.1 Å². The maximum atomic E-state index is 6.11. The zero-order valence-electron chi connectivity index (χ0n) is 12.5. The van der Waals surface area contributed by atoms with Crippen LogP contribution in [0.25, 0.3) is 0 Å². The maximum Gasteiger partial charge on any atom is 0.123 e. The standard InChI is InChI=1S/C17H26N2O/c1-18-10-9-15-7-4-5-11-19(15)13-16-12-14-6-2-3-8-17(14)20-16/h2-3,6,8,15-16,18H,4-5,7,9-13H2,1H3. The van der Waals surface area contributed by atoms with E-state index in [0.29, 0.717) is 6.10 Å². The molecule has 0 bridgehead atoms. The number of benzene rings is 1. The summed E-state index contributed by atoms with van der Waals surface area (Å²) in [6, 6.07) is 9.22. The minimum Gasteiger partial charge on any atom is -0.488 e. The van der Waals surface area contributed by atoms with E-state index >= 15 is 0 Å². The lowest BCUT2D eigenvalue weighted by atomic mass is 9.98. The van der Waals surface area contributed by atoms with Gasteiger partial charge in [0.2, 0.25) is 0 Å². The highest BCUT2D eigenvalue weighted by atomic mass is 16.5. The molecule has 2 aliphatic rings. The molecule has 1 aromatic carbocycles. The molecule has 2 heterocycles. The fourth-order valence-corrected chi connectivity index (χ4v) is 3.56. The van der Waals surface area contributed by atoms with Gasteiger partial charge in [0.1, 0.15) is 11.9 Å². The van der Waals surface area contributed by atoms with Gasteiger partial charge in [0, 0.05) is 19.0 Å². The van der Waals surface area contributed by atoms with Crippen LogP contribution in [-0.4, -0.2) is 43.7 Å². The van der Waals surface area contributed by atoms with Crippen LogP contribution in [0.3, 0.4) is 0 Å². The highest BCUT2D eigenvalue weighted by Gasteiger charge is 2.28. The molecule has 2 atom stereocenters. The van der Waals surface area contributed by atoms with Crippen molar-refractivity contribution in [3.8, 4) is 5.75 Å². The largest absolute Gasteiger partial charge is 0.488 e. The van der Waals surface area contributed by atoms with Crippen LogP contribution in [0.1, 0.15) is 31.2 Å². The van der Waals surface area contributed by atoms with Gasteiger partial charge in [0.25, 0.3) is 0 Å². The molecule has 0 aromatic heterocycles. The fourth-order valence-electron chi connectivity index (χ4n) is 3.56. The average Bonchev–Trinajstić information content (AvgIpc) is 2.88. The van der Waals surface area contributed by atoms with Gasteiger partial charge in [-0.05, 0) is 51.0 Å². The molecule has 3 rings (SSSR count). The van der Waals surface area contributed by atoms with E-state index in [4.69, 9.17) is 4.74 Å². The van der Waals surface area contributed by atoms with Gasteiger partial charge in [-0.2, -0.15) is 0 Å². The van der Waals surface area contributed by atoms with E-state index in [1.54, 1.807) is 0 Å². The maximum absolute atomic E-state index is 6.11. The summed E-state index contributed by atoms with van der Waals surface area (Å²) in [5, 5.41) is 3.29. The molecule has 0 amide bonds. The number of rotatable bonds is 5. The summed E-state index contributed by atoms with van der Waals surface area (Å²) in [7, 11) is 2.05. The zero-order valence-corrected chi connectivity index (χ0v) is 12.5. The van der Waals surface area contributed by atoms with Crippen LogP contribution in [0.5, 0.6) is 5.75 Å². The summed E-state index contributed by atoms with van der Waals surface area (Å²) in [4.78, 5) is 2.66. The lowest BCUT2D eigenvalue weighted by molar-refractivity contribution is 0.0861. The van der Waals surface area contributed by atoms with Crippen molar-refractivity contribution in [1.29, 1.82) is 0 Å².